The van der Waals surface area contributed by atoms with Crippen LogP contribution in [0.5, 0.6) is 0 Å². The average Bonchev–Trinajstić information content (AvgIpc) is 2.54. The van der Waals surface area contributed by atoms with Crippen LogP contribution in [0.2, 0.25) is 24.2 Å². The second kappa shape index (κ2) is 5.31. The van der Waals surface area contributed by atoms with Crippen molar-refractivity contribution in [2.45, 2.75) is 77.6 Å². The van der Waals surface area contributed by atoms with Gasteiger partial charge < -0.3 is 0 Å². The summed E-state index contributed by atoms with van der Waals surface area (Å²) in [4.78, 5) is 0. The van der Waals surface area contributed by atoms with Gasteiger partial charge in [0.1, 0.15) is 0 Å². The zero-order chi connectivity index (χ0) is 14.4. The molecule has 0 aliphatic heterocycles. The topological polar surface area (TPSA) is 0 Å². The Morgan fingerprint density at radius 1 is 1.16 bits per heavy atom. The molecule has 0 radical (unpaired) electrons. The van der Waals surface area contributed by atoms with E-state index in [9.17, 15) is 0 Å². The van der Waals surface area contributed by atoms with Crippen molar-refractivity contribution in [2.24, 2.45) is 5.92 Å². The van der Waals surface area contributed by atoms with Crippen molar-refractivity contribution in [3.63, 3.8) is 0 Å². The van der Waals surface area contributed by atoms with Crippen molar-refractivity contribution in [3.05, 3.63) is 20.6 Å². The summed E-state index contributed by atoms with van der Waals surface area (Å²) in [6, 6.07) is 1.46. The van der Waals surface area contributed by atoms with Crippen LogP contribution in [-0.2, 0) is 20.4 Å². The van der Waals surface area contributed by atoms with E-state index in [-0.39, 0.29) is 0 Å². The number of hydrogen-bond donors (Lipinski definition) is 0. The van der Waals surface area contributed by atoms with Crippen molar-refractivity contribution >= 4 is 8.07 Å². The van der Waals surface area contributed by atoms with Crippen molar-refractivity contribution in [3.8, 4) is 0 Å². The van der Waals surface area contributed by atoms with Gasteiger partial charge in [0, 0.05) is 0 Å². The first-order valence-corrected chi connectivity index (χ1v) is 11.8. The molecular weight excluding hydrogens is 280 g/mol. The standard InChI is InChI=1S/C17H29Si.Ti/c1-13-11-14(12-18(5,6)17(2,3)4)16-10-8-7-9-15(13)16;/h14H,7-10,12H2,1-6H3;. The van der Waals surface area contributed by atoms with E-state index in [1.165, 1.54) is 31.7 Å². The quantitative estimate of drug-likeness (QED) is 0.564. The molecule has 0 bridgehead atoms. The summed E-state index contributed by atoms with van der Waals surface area (Å²) >= 11 is 2.41. The SMILES string of the molecule is CC1=[C]([Ti])C(C[Si](C)(C)C(C)(C)C)C2=C1CCCC2. The summed E-state index contributed by atoms with van der Waals surface area (Å²) in [6.07, 6.45) is 5.57. The molecule has 0 heterocycles. The molecule has 0 N–H and O–H groups in total. The second-order valence-corrected chi connectivity index (χ2v) is 14.7. The number of allylic oxidation sites excluding steroid dienone is 4. The molecule has 0 fully saturated rings. The molecule has 0 amide bonds. The Morgan fingerprint density at radius 2 is 1.74 bits per heavy atom. The molecular formula is C17H29SiTi. The summed E-state index contributed by atoms with van der Waals surface area (Å²) in [5, 5.41) is 0.513. The Hall–Kier alpha value is 0.411. The Morgan fingerprint density at radius 3 is 2.32 bits per heavy atom. The van der Waals surface area contributed by atoms with Crippen LogP contribution in [0.3, 0.4) is 0 Å². The van der Waals surface area contributed by atoms with E-state index in [1.807, 2.05) is 5.57 Å². The van der Waals surface area contributed by atoms with Gasteiger partial charge in [-0.1, -0.05) is 0 Å². The fourth-order valence-electron chi connectivity index (χ4n) is 3.38. The Kier molecular flexibility index (Phi) is 4.42. The molecule has 0 saturated carbocycles. The van der Waals surface area contributed by atoms with Crippen molar-refractivity contribution < 1.29 is 20.4 Å². The molecule has 1 unspecified atom stereocenters. The van der Waals surface area contributed by atoms with E-state index in [1.54, 1.807) is 15.0 Å². The van der Waals surface area contributed by atoms with Gasteiger partial charge in [-0.3, -0.25) is 0 Å². The number of rotatable bonds is 2. The molecule has 0 aromatic heterocycles. The molecule has 2 aliphatic rings. The molecule has 105 valence electrons. The first-order chi connectivity index (χ1) is 8.65. The van der Waals surface area contributed by atoms with Gasteiger partial charge in [-0.05, 0) is 0 Å². The average molecular weight is 309 g/mol. The van der Waals surface area contributed by atoms with Gasteiger partial charge >= 0.3 is 133 Å². The normalized spacial score (nSPS) is 25.0. The van der Waals surface area contributed by atoms with E-state index >= 15 is 0 Å². The molecule has 0 nitrogen and oxygen atoms in total. The van der Waals surface area contributed by atoms with Crippen LogP contribution < -0.4 is 0 Å². The van der Waals surface area contributed by atoms with E-state index in [0.717, 1.165) is 5.92 Å². The third kappa shape index (κ3) is 2.89. The van der Waals surface area contributed by atoms with Crippen LogP contribution in [0, 0.1) is 5.92 Å². The predicted molar refractivity (Wildman–Crippen MR) is 83.7 cm³/mol. The third-order valence-corrected chi connectivity index (χ3v) is 12.5. The fourth-order valence-corrected chi connectivity index (χ4v) is 6.45. The van der Waals surface area contributed by atoms with Crippen LogP contribution in [0.25, 0.3) is 0 Å². The van der Waals surface area contributed by atoms with Gasteiger partial charge in [0.05, 0.1) is 0 Å². The minimum atomic E-state index is -1.19. The Balaban J connectivity index is 2.28. The zero-order valence-electron chi connectivity index (χ0n) is 13.6. The van der Waals surface area contributed by atoms with E-state index in [2.05, 4.69) is 61.2 Å². The number of hydrogen-bond acceptors (Lipinski definition) is 0. The summed E-state index contributed by atoms with van der Waals surface area (Å²) in [7, 11) is -1.19. The summed E-state index contributed by atoms with van der Waals surface area (Å²) in [5.74, 6) is 0.802. The van der Waals surface area contributed by atoms with Gasteiger partial charge in [-0.25, -0.2) is 0 Å². The van der Waals surface area contributed by atoms with Gasteiger partial charge in [0.2, 0.25) is 0 Å². The molecule has 19 heavy (non-hydrogen) atoms. The first kappa shape index (κ1) is 15.8. The van der Waals surface area contributed by atoms with Gasteiger partial charge in [0.25, 0.3) is 0 Å². The Labute approximate surface area is 132 Å². The van der Waals surface area contributed by atoms with Crippen LogP contribution in [0.15, 0.2) is 20.6 Å². The molecule has 0 aromatic rings. The van der Waals surface area contributed by atoms with Crippen LogP contribution in [0.4, 0.5) is 0 Å². The molecule has 0 aromatic carbocycles. The molecule has 2 aliphatic carbocycles. The third-order valence-electron chi connectivity index (χ3n) is 5.88. The van der Waals surface area contributed by atoms with Crippen LogP contribution in [-0.4, -0.2) is 8.07 Å². The fraction of sp³-hybridized carbons (Fsp3) is 0.765. The maximum atomic E-state index is 2.59. The summed E-state index contributed by atoms with van der Waals surface area (Å²) in [5.41, 5.74) is 5.25. The first-order valence-electron chi connectivity index (χ1n) is 7.80. The molecule has 0 spiro atoms. The van der Waals surface area contributed by atoms with Gasteiger partial charge in [0.15, 0.2) is 0 Å². The second-order valence-electron chi connectivity index (χ2n) is 8.14. The van der Waals surface area contributed by atoms with Crippen LogP contribution >= 0.6 is 0 Å². The maximum absolute atomic E-state index is 2.59. The predicted octanol–water partition coefficient (Wildman–Crippen LogP) is 5.82. The van der Waals surface area contributed by atoms with Crippen molar-refractivity contribution in [1.82, 2.24) is 0 Å². The molecule has 1 atom stereocenters. The molecule has 2 rings (SSSR count). The van der Waals surface area contributed by atoms with Crippen LogP contribution in [0.1, 0.15) is 53.4 Å². The van der Waals surface area contributed by atoms with E-state index in [0.29, 0.717) is 5.04 Å². The van der Waals surface area contributed by atoms with Crippen molar-refractivity contribution in [1.29, 1.82) is 0 Å². The summed E-state index contributed by atoms with van der Waals surface area (Å²) < 4.78 is 1.71. The van der Waals surface area contributed by atoms with E-state index in [4.69, 9.17) is 0 Å². The van der Waals surface area contributed by atoms with E-state index < -0.39 is 8.07 Å². The van der Waals surface area contributed by atoms with Crippen molar-refractivity contribution in [2.75, 3.05) is 0 Å². The van der Waals surface area contributed by atoms with Gasteiger partial charge in [-0.2, -0.15) is 0 Å². The zero-order valence-corrected chi connectivity index (χ0v) is 16.2. The van der Waals surface area contributed by atoms with Gasteiger partial charge in [-0.15, -0.1) is 0 Å². The Bertz CT molecular complexity index is 435. The minimum absolute atomic E-state index is 0.513. The monoisotopic (exact) mass is 309 g/mol. The molecule has 2 heteroatoms. The summed E-state index contributed by atoms with van der Waals surface area (Å²) in [6.45, 7) is 14.9. The molecule has 0 saturated heterocycles.